The molecule has 0 spiro atoms. The molecule has 3 N–H and O–H groups in total. The summed E-state index contributed by atoms with van der Waals surface area (Å²) in [5.41, 5.74) is 1.57. The third-order valence-electron chi connectivity index (χ3n) is 6.11. The van der Waals surface area contributed by atoms with Gasteiger partial charge in [0.2, 0.25) is 0 Å². The zero-order valence-corrected chi connectivity index (χ0v) is 20.2. The molecule has 0 aliphatic heterocycles. The molecule has 3 aromatic rings. The third-order valence-corrected chi connectivity index (χ3v) is 6.11. The number of hydrogen-bond donors (Lipinski definition) is 3. The lowest BCUT2D eigenvalue weighted by molar-refractivity contribution is -0.146. The van der Waals surface area contributed by atoms with Gasteiger partial charge in [-0.3, -0.25) is 10.1 Å². The van der Waals surface area contributed by atoms with Gasteiger partial charge in [-0.25, -0.2) is 0 Å². The van der Waals surface area contributed by atoms with Gasteiger partial charge in [0.1, 0.15) is 11.3 Å². The smallest absolute Gasteiger partial charge is 0.416 e. The number of carboxylic acids is 1. The summed E-state index contributed by atoms with van der Waals surface area (Å²) in [6.45, 7) is 2.51. The predicted molar refractivity (Wildman–Crippen MR) is 134 cm³/mol. The average Bonchev–Trinajstić information content (AvgIpc) is 2.86. The van der Waals surface area contributed by atoms with E-state index in [1.807, 2.05) is 49.4 Å². The SMILES string of the molecule is COc1ccc(-c2cccc(C=Cc3cc(CNC(C)(CO)C(=O)O)ccc3C(F)(F)F)c2C)cc1. The standard InChI is InChI=1S/C28H28F3NO4/c1-18-20(5-4-6-24(18)21-10-12-23(36-3)13-11-21)8-9-22-15-19(7-14-25(22)28(29,30)31)16-32-27(2,17-33)26(34)35/h4-15,32-33H,16-17H2,1-3H3,(H,34,35). The van der Waals surface area contributed by atoms with Gasteiger partial charge in [-0.1, -0.05) is 48.6 Å². The zero-order chi connectivity index (χ0) is 26.5. The van der Waals surface area contributed by atoms with E-state index in [1.165, 1.54) is 25.1 Å². The molecule has 0 aliphatic carbocycles. The molecule has 0 fully saturated rings. The lowest BCUT2D eigenvalue weighted by atomic mass is 9.95. The molecule has 0 saturated carbocycles. The Kier molecular flexibility index (Phi) is 8.22. The molecule has 3 aromatic carbocycles. The maximum absolute atomic E-state index is 13.7. The second-order valence-electron chi connectivity index (χ2n) is 8.65. The molecule has 8 heteroatoms. The van der Waals surface area contributed by atoms with E-state index < -0.39 is 29.9 Å². The van der Waals surface area contributed by atoms with Crippen LogP contribution >= 0.6 is 0 Å². The first kappa shape index (κ1) is 27.0. The maximum atomic E-state index is 13.7. The van der Waals surface area contributed by atoms with Crippen LogP contribution in [0.25, 0.3) is 23.3 Å². The van der Waals surface area contributed by atoms with Gasteiger partial charge >= 0.3 is 12.1 Å². The number of hydrogen-bond acceptors (Lipinski definition) is 4. The van der Waals surface area contributed by atoms with Crippen molar-refractivity contribution in [1.82, 2.24) is 5.32 Å². The van der Waals surface area contributed by atoms with Crippen molar-refractivity contribution in [1.29, 1.82) is 0 Å². The topological polar surface area (TPSA) is 78.8 Å². The normalized spacial score (nSPS) is 13.5. The van der Waals surface area contributed by atoms with Crippen LogP contribution in [0.15, 0.2) is 60.7 Å². The summed E-state index contributed by atoms with van der Waals surface area (Å²) in [5.74, 6) is -0.534. The molecule has 36 heavy (non-hydrogen) atoms. The number of ether oxygens (including phenoxy) is 1. The van der Waals surface area contributed by atoms with Crippen molar-refractivity contribution in [3.05, 3.63) is 88.5 Å². The minimum atomic E-state index is -4.56. The minimum Gasteiger partial charge on any atom is -0.497 e. The summed E-state index contributed by atoms with van der Waals surface area (Å²) in [7, 11) is 1.59. The van der Waals surface area contributed by atoms with E-state index in [9.17, 15) is 28.2 Å². The fourth-order valence-corrected chi connectivity index (χ4v) is 3.71. The number of carbonyl (C=O) groups is 1. The van der Waals surface area contributed by atoms with Crippen LogP contribution in [0.5, 0.6) is 5.75 Å². The van der Waals surface area contributed by atoms with Crippen molar-refractivity contribution in [3.63, 3.8) is 0 Å². The van der Waals surface area contributed by atoms with Gasteiger partial charge in [-0.05, 0) is 71.5 Å². The molecule has 1 atom stereocenters. The van der Waals surface area contributed by atoms with Gasteiger partial charge in [0.05, 0.1) is 19.3 Å². The van der Waals surface area contributed by atoms with Gasteiger partial charge < -0.3 is 14.9 Å². The summed E-state index contributed by atoms with van der Waals surface area (Å²) in [5, 5.41) is 21.4. The minimum absolute atomic E-state index is 0.0334. The van der Waals surface area contributed by atoms with E-state index in [-0.39, 0.29) is 12.1 Å². The highest BCUT2D eigenvalue weighted by atomic mass is 19.4. The Balaban J connectivity index is 1.95. The number of aliphatic hydroxyl groups is 1. The monoisotopic (exact) mass is 499 g/mol. The van der Waals surface area contributed by atoms with Crippen molar-refractivity contribution in [3.8, 4) is 16.9 Å². The van der Waals surface area contributed by atoms with Crippen LogP contribution in [0.2, 0.25) is 0 Å². The van der Waals surface area contributed by atoms with Crippen LogP contribution in [-0.4, -0.2) is 35.4 Å². The van der Waals surface area contributed by atoms with Gasteiger partial charge in [0, 0.05) is 6.54 Å². The first-order valence-electron chi connectivity index (χ1n) is 11.2. The molecule has 0 aromatic heterocycles. The molecule has 0 aliphatic rings. The number of carboxylic acid groups (broad SMARTS) is 1. The summed E-state index contributed by atoms with van der Waals surface area (Å²) in [4.78, 5) is 11.4. The second kappa shape index (κ2) is 11.0. The van der Waals surface area contributed by atoms with Crippen LogP contribution in [-0.2, 0) is 17.5 Å². The number of rotatable bonds is 9. The van der Waals surface area contributed by atoms with Crippen molar-refractivity contribution in [2.24, 2.45) is 0 Å². The van der Waals surface area contributed by atoms with Crippen molar-refractivity contribution in [2.75, 3.05) is 13.7 Å². The highest BCUT2D eigenvalue weighted by Gasteiger charge is 2.34. The molecular formula is C28H28F3NO4. The second-order valence-corrected chi connectivity index (χ2v) is 8.65. The van der Waals surface area contributed by atoms with Gasteiger partial charge in [0.25, 0.3) is 0 Å². The van der Waals surface area contributed by atoms with Crippen molar-refractivity contribution < 1.29 is 32.9 Å². The Morgan fingerprint density at radius 3 is 2.28 bits per heavy atom. The fraction of sp³-hybridized carbons (Fsp3) is 0.250. The lowest BCUT2D eigenvalue weighted by Crippen LogP contribution is -2.52. The predicted octanol–water partition coefficient (Wildman–Crippen LogP) is 5.79. The van der Waals surface area contributed by atoms with Crippen LogP contribution in [0, 0.1) is 6.92 Å². The quantitative estimate of drug-likeness (QED) is 0.325. The molecule has 3 rings (SSSR count). The van der Waals surface area contributed by atoms with Crippen LogP contribution in [0.4, 0.5) is 13.2 Å². The summed E-state index contributed by atoms with van der Waals surface area (Å²) < 4.78 is 46.3. The molecule has 0 radical (unpaired) electrons. The van der Waals surface area contributed by atoms with Gasteiger partial charge in [-0.15, -0.1) is 0 Å². The number of aliphatic hydroxyl groups excluding tert-OH is 1. The number of benzene rings is 3. The first-order chi connectivity index (χ1) is 17.0. The third kappa shape index (κ3) is 6.13. The Bertz CT molecular complexity index is 1250. The highest BCUT2D eigenvalue weighted by Crippen LogP contribution is 2.34. The molecule has 0 amide bonds. The number of halogens is 3. The Morgan fingerprint density at radius 1 is 1.03 bits per heavy atom. The molecule has 1 unspecified atom stereocenters. The summed E-state index contributed by atoms with van der Waals surface area (Å²) in [6.07, 6.45) is -1.51. The Hall–Kier alpha value is -3.62. The van der Waals surface area contributed by atoms with E-state index in [0.29, 0.717) is 5.56 Å². The molecule has 190 valence electrons. The summed E-state index contributed by atoms with van der Waals surface area (Å²) >= 11 is 0. The lowest BCUT2D eigenvalue weighted by Gasteiger charge is -2.24. The number of nitrogens with one attached hydrogen (secondary N) is 1. The highest BCUT2D eigenvalue weighted by molar-refractivity contribution is 5.79. The first-order valence-corrected chi connectivity index (χ1v) is 11.2. The van der Waals surface area contributed by atoms with Gasteiger partial charge in [-0.2, -0.15) is 13.2 Å². The van der Waals surface area contributed by atoms with Crippen molar-refractivity contribution in [2.45, 2.75) is 32.1 Å². The average molecular weight is 500 g/mol. The maximum Gasteiger partial charge on any atom is 0.416 e. The summed E-state index contributed by atoms with van der Waals surface area (Å²) in [6, 6.07) is 16.8. The van der Waals surface area contributed by atoms with E-state index >= 15 is 0 Å². The number of alkyl halides is 3. The fourth-order valence-electron chi connectivity index (χ4n) is 3.71. The van der Waals surface area contributed by atoms with Crippen LogP contribution in [0.3, 0.4) is 0 Å². The largest absolute Gasteiger partial charge is 0.497 e. The van der Waals surface area contributed by atoms with Gasteiger partial charge in [0.15, 0.2) is 0 Å². The molecular weight excluding hydrogens is 471 g/mol. The Labute approximate surface area is 207 Å². The Morgan fingerprint density at radius 2 is 1.69 bits per heavy atom. The molecule has 0 bridgehead atoms. The van der Waals surface area contributed by atoms with E-state index in [1.54, 1.807) is 13.2 Å². The number of methoxy groups -OCH3 is 1. The molecule has 5 nitrogen and oxygen atoms in total. The number of aliphatic carboxylic acids is 1. The van der Waals surface area contributed by atoms with Crippen molar-refractivity contribution >= 4 is 18.1 Å². The molecule has 0 saturated heterocycles. The van der Waals surface area contributed by atoms with Crippen LogP contribution < -0.4 is 10.1 Å². The zero-order valence-electron chi connectivity index (χ0n) is 20.2. The van der Waals surface area contributed by atoms with Crippen LogP contribution in [0.1, 0.15) is 34.7 Å². The van der Waals surface area contributed by atoms with E-state index in [4.69, 9.17) is 4.74 Å². The molecule has 0 heterocycles. The van der Waals surface area contributed by atoms with E-state index in [2.05, 4.69) is 5.32 Å². The van der Waals surface area contributed by atoms with E-state index in [0.717, 1.165) is 34.1 Å².